The molecule has 0 saturated heterocycles. The summed E-state index contributed by atoms with van der Waals surface area (Å²) in [5, 5.41) is 8.65. The highest BCUT2D eigenvalue weighted by Gasteiger charge is 2.36. The lowest BCUT2D eigenvalue weighted by Crippen LogP contribution is -2.14. The Morgan fingerprint density at radius 1 is 1.15 bits per heavy atom. The largest absolute Gasteiger partial charge is 0.419 e. The fraction of sp³-hybridized carbons (Fsp3) is 0.100. The van der Waals surface area contributed by atoms with Crippen molar-refractivity contribution in [1.82, 2.24) is 15.4 Å². The Morgan fingerprint density at radius 3 is 2.35 bits per heavy atom. The molecule has 2 aromatic rings. The van der Waals surface area contributed by atoms with E-state index in [2.05, 4.69) is 10.2 Å². The van der Waals surface area contributed by atoms with E-state index in [9.17, 15) is 26.7 Å². The zero-order chi connectivity index (χ0) is 15.1. The van der Waals surface area contributed by atoms with Crippen LogP contribution in [0.1, 0.15) is 16.1 Å². The number of H-pyrrole nitrogens is 1. The lowest BCUT2D eigenvalue weighted by atomic mass is 10.1. The SMILES string of the molecule is NC(=O)c1n[nH]nc1-c1ccc(C(F)(F)F)c(F)c1F. The van der Waals surface area contributed by atoms with Crippen LogP contribution in [0.4, 0.5) is 22.0 Å². The van der Waals surface area contributed by atoms with Crippen molar-refractivity contribution in [3.05, 3.63) is 35.0 Å². The van der Waals surface area contributed by atoms with E-state index in [1.165, 1.54) is 0 Å². The van der Waals surface area contributed by atoms with Gasteiger partial charge in [-0.05, 0) is 12.1 Å². The molecule has 0 spiro atoms. The summed E-state index contributed by atoms with van der Waals surface area (Å²) in [6.07, 6.45) is -5.04. The number of amides is 1. The number of rotatable bonds is 2. The second kappa shape index (κ2) is 4.54. The van der Waals surface area contributed by atoms with Crippen LogP contribution in [0.15, 0.2) is 12.1 Å². The maximum Gasteiger partial charge on any atom is 0.419 e. The first kappa shape index (κ1) is 13.9. The van der Waals surface area contributed by atoms with Gasteiger partial charge in [-0.15, -0.1) is 0 Å². The van der Waals surface area contributed by atoms with Crippen molar-refractivity contribution in [1.29, 1.82) is 0 Å². The number of carbonyl (C=O) groups excluding carboxylic acids is 1. The van der Waals surface area contributed by atoms with E-state index in [1.807, 2.05) is 5.21 Å². The molecule has 10 heteroatoms. The summed E-state index contributed by atoms with van der Waals surface area (Å²) in [5.74, 6) is -4.97. The van der Waals surface area contributed by atoms with Crippen LogP contribution >= 0.6 is 0 Å². The summed E-state index contributed by atoms with van der Waals surface area (Å²) in [4.78, 5) is 11.0. The molecule has 106 valence electrons. The van der Waals surface area contributed by atoms with Crippen LogP contribution in [-0.2, 0) is 6.18 Å². The van der Waals surface area contributed by atoms with Gasteiger partial charge in [-0.3, -0.25) is 4.79 Å². The predicted molar refractivity (Wildman–Crippen MR) is 55.3 cm³/mol. The first-order chi connectivity index (χ1) is 9.23. The van der Waals surface area contributed by atoms with Gasteiger partial charge >= 0.3 is 6.18 Å². The van der Waals surface area contributed by atoms with Crippen LogP contribution in [0.3, 0.4) is 0 Å². The van der Waals surface area contributed by atoms with Crippen LogP contribution in [0.5, 0.6) is 0 Å². The molecule has 3 N–H and O–H groups in total. The number of halogens is 5. The van der Waals surface area contributed by atoms with E-state index in [0.29, 0.717) is 12.1 Å². The smallest absolute Gasteiger partial charge is 0.364 e. The van der Waals surface area contributed by atoms with Crippen molar-refractivity contribution in [3.63, 3.8) is 0 Å². The average molecular weight is 292 g/mol. The topological polar surface area (TPSA) is 84.7 Å². The molecule has 0 aliphatic heterocycles. The summed E-state index contributed by atoms with van der Waals surface area (Å²) in [6.45, 7) is 0. The zero-order valence-corrected chi connectivity index (χ0v) is 9.42. The van der Waals surface area contributed by atoms with E-state index in [0.717, 1.165) is 0 Å². The Labute approximate surface area is 107 Å². The molecule has 1 amide bonds. The average Bonchev–Trinajstić information content (AvgIpc) is 2.79. The molecular weight excluding hydrogens is 287 g/mol. The molecule has 1 aromatic carbocycles. The number of benzene rings is 1. The van der Waals surface area contributed by atoms with Crippen molar-refractivity contribution in [2.75, 3.05) is 0 Å². The maximum absolute atomic E-state index is 13.7. The molecule has 0 bridgehead atoms. The number of alkyl halides is 3. The van der Waals surface area contributed by atoms with Crippen molar-refractivity contribution < 1.29 is 26.7 Å². The number of aromatic amines is 1. The molecule has 0 saturated carbocycles. The molecule has 0 fully saturated rings. The lowest BCUT2D eigenvalue weighted by Gasteiger charge is -2.10. The summed E-state index contributed by atoms with van der Waals surface area (Å²) in [7, 11) is 0. The van der Waals surface area contributed by atoms with Crippen molar-refractivity contribution >= 4 is 5.91 Å². The van der Waals surface area contributed by atoms with Gasteiger partial charge in [0.2, 0.25) is 0 Å². The van der Waals surface area contributed by atoms with Gasteiger partial charge in [-0.1, -0.05) is 0 Å². The highest BCUT2D eigenvalue weighted by Crippen LogP contribution is 2.35. The van der Waals surface area contributed by atoms with Gasteiger partial charge in [0.05, 0.1) is 5.56 Å². The van der Waals surface area contributed by atoms with E-state index in [1.54, 1.807) is 0 Å². The molecule has 0 radical (unpaired) electrons. The molecule has 1 heterocycles. The Bertz CT molecular complexity index is 679. The van der Waals surface area contributed by atoms with Gasteiger partial charge in [-0.2, -0.15) is 28.6 Å². The third-order valence-corrected chi connectivity index (χ3v) is 2.42. The van der Waals surface area contributed by atoms with Gasteiger partial charge < -0.3 is 5.73 Å². The van der Waals surface area contributed by atoms with Crippen LogP contribution in [0.25, 0.3) is 11.3 Å². The number of nitrogens with two attached hydrogens (primary N) is 1. The number of aromatic nitrogens is 3. The third kappa shape index (κ3) is 2.19. The first-order valence-electron chi connectivity index (χ1n) is 4.99. The molecule has 5 nitrogen and oxygen atoms in total. The number of hydrogen-bond donors (Lipinski definition) is 2. The highest BCUT2D eigenvalue weighted by molar-refractivity contribution is 5.96. The van der Waals surface area contributed by atoms with Gasteiger partial charge in [0.25, 0.3) is 5.91 Å². The summed E-state index contributed by atoms with van der Waals surface area (Å²) in [6, 6.07) is 0.985. The zero-order valence-electron chi connectivity index (χ0n) is 9.42. The van der Waals surface area contributed by atoms with Crippen molar-refractivity contribution in [2.24, 2.45) is 5.73 Å². The molecule has 0 unspecified atom stereocenters. The Hall–Kier alpha value is -2.52. The van der Waals surface area contributed by atoms with Crippen LogP contribution in [0, 0.1) is 11.6 Å². The van der Waals surface area contributed by atoms with Crippen molar-refractivity contribution in [2.45, 2.75) is 6.18 Å². The quantitative estimate of drug-likeness (QED) is 0.829. The Kier molecular flexibility index (Phi) is 3.16. The molecule has 0 aliphatic rings. The van der Waals surface area contributed by atoms with Crippen LogP contribution in [-0.4, -0.2) is 21.3 Å². The van der Waals surface area contributed by atoms with E-state index >= 15 is 0 Å². The van der Waals surface area contributed by atoms with Crippen molar-refractivity contribution in [3.8, 4) is 11.3 Å². The number of nitrogens with zero attached hydrogens (tertiary/aromatic N) is 2. The standard InChI is InChI=1S/C10H5F5N4O/c11-5-3(7-8(9(16)20)18-19-17-7)1-2-4(6(5)12)10(13,14)15/h1-2H,(H2,16,20)(H,17,18,19). The maximum atomic E-state index is 13.7. The normalized spacial score (nSPS) is 11.7. The van der Waals surface area contributed by atoms with E-state index in [4.69, 9.17) is 5.73 Å². The van der Waals surface area contributed by atoms with Crippen LogP contribution in [0.2, 0.25) is 0 Å². The molecule has 1 aromatic heterocycles. The Morgan fingerprint density at radius 2 is 1.80 bits per heavy atom. The predicted octanol–water partition coefficient (Wildman–Crippen LogP) is 1.87. The highest BCUT2D eigenvalue weighted by atomic mass is 19.4. The fourth-order valence-electron chi connectivity index (χ4n) is 1.54. The minimum absolute atomic E-state index is 0.340. The third-order valence-electron chi connectivity index (χ3n) is 2.42. The fourth-order valence-corrected chi connectivity index (χ4v) is 1.54. The summed E-state index contributed by atoms with van der Waals surface area (Å²) in [5.41, 5.74) is 1.53. The molecular formula is C10H5F5N4O. The van der Waals surface area contributed by atoms with Gasteiger partial charge in [-0.25, -0.2) is 8.78 Å². The monoisotopic (exact) mass is 292 g/mol. The van der Waals surface area contributed by atoms with Gasteiger partial charge in [0.1, 0.15) is 5.69 Å². The second-order valence-corrected chi connectivity index (χ2v) is 3.67. The molecule has 2 rings (SSSR count). The van der Waals surface area contributed by atoms with E-state index in [-0.39, 0.29) is 0 Å². The minimum Gasteiger partial charge on any atom is -0.364 e. The van der Waals surface area contributed by atoms with E-state index < -0.39 is 46.2 Å². The Balaban J connectivity index is 2.63. The minimum atomic E-state index is -5.04. The van der Waals surface area contributed by atoms with Gasteiger partial charge in [0, 0.05) is 5.56 Å². The number of nitrogens with one attached hydrogen (secondary N) is 1. The number of hydrogen-bond acceptors (Lipinski definition) is 3. The lowest BCUT2D eigenvalue weighted by molar-refractivity contribution is -0.140. The number of carbonyl (C=O) groups is 1. The molecule has 0 aliphatic carbocycles. The second-order valence-electron chi connectivity index (χ2n) is 3.67. The first-order valence-corrected chi connectivity index (χ1v) is 4.99. The molecule has 0 atom stereocenters. The summed E-state index contributed by atoms with van der Waals surface area (Å²) < 4.78 is 64.3. The van der Waals surface area contributed by atoms with Crippen LogP contribution < -0.4 is 5.73 Å². The number of primary amides is 1. The summed E-state index contributed by atoms with van der Waals surface area (Å²) >= 11 is 0. The van der Waals surface area contributed by atoms with Gasteiger partial charge in [0.15, 0.2) is 17.3 Å². The molecule has 20 heavy (non-hydrogen) atoms.